The number of nitrogens with zero attached hydrogens (tertiary/aromatic N) is 2. The summed E-state index contributed by atoms with van der Waals surface area (Å²) < 4.78 is 4.18. The lowest BCUT2D eigenvalue weighted by molar-refractivity contribution is 0.102. The summed E-state index contributed by atoms with van der Waals surface area (Å²) in [4.78, 5) is 16.6. The van der Waals surface area contributed by atoms with Crippen molar-refractivity contribution in [3.63, 3.8) is 0 Å². The van der Waals surface area contributed by atoms with E-state index in [0.717, 1.165) is 16.4 Å². The SMILES string of the molecule is CNc1snc(C)c1C(=O)Nc1nc(C(C)C)cs1. The average Bonchev–Trinajstić information content (AvgIpc) is 2.95. The van der Waals surface area contributed by atoms with Gasteiger partial charge in [-0.2, -0.15) is 4.37 Å². The van der Waals surface area contributed by atoms with Crippen LogP contribution in [0.2, 0.25) is 0 Å². The Morgan fingerprint density at radius 3 is 2.74 bits per heavy atom. The molecule has 0 radical (unpaired) electrons. The number of aryl methyl sites for hydroxylation is 1. The number of carbonyl (C=O) groups is 1. The van der Waals surface area contributed by atoms with Gasteiger partial charge in [0.05, 0.1) is 17.0 Å². The molecule has 0 unspecified atom stereocenters. The minimum absolute atomic E-state index is 0.166. The summed E-state index contributed by atoms with van der Waals surface area (Å²) in [6.07, 6.45) is 0. The molecule has 0 spiro atoms. The Bertz CT molecular complexity index is 588. The lowest BCUT2D eigenvalue weighted by Crippen LogP contribution is -2.14. The molecule has 0 atom stereocenters. The van der Waals surface area contributed by atoms with Gasteiger partial charge in [0.2, 0.25) is 0 Å². The molecule has 0 aliphatic rings. The van der Waals surface area contributed by atoms with E-state index in [1.165, 1.54) is 22.9 Å². The van der Waals surface area contributed by atoms with Crippen LogP contribution in [0.4, 0.5) is 10.1 Å². The molecular formula is C12H16N4OS2. The van der Waals surface area contributed by atoms with Crippen molar-refractivity contribution in [3.05, 3.63) is 22.3 Å². The Balaban J connectivity index is 2.18. The van der Waals surface area contributed by atoms with Crippen LogP contribution < -0.4 is 10.6 Å². The van der Waals surface area contributed by atoms with Crippen LogP contribution in [0.15, 0.2) is 5.38 Å². The molecule has 2 aromatic rings. The highest BCUT2D eigenvalue weighted by molar-refractivity contribution is 7.14. The first-order chi connectivity index (χ1) is 9.02. The number of thiazole rings is 1. The van der Waals surface area contributed by atoms with Gasteiger partial charge >= 0.3 is 0 Å². The molecule has 0 bridgehead atoms. The second-order valence-electron chi connectivity index (χ2n) is 4.41. The smallest absolute Gasteiger partial charge is 0.262 e. The minimum Gasteiger partial charge on any atom is -0.378 e. The van der Waals surface area contributed by atoms with E-state index in [1.54, 1.807) is 7.05 Å². The van der Waals surface area contributed by atoms with Crippen LogP contribution in [-0.2, 0) is 0 Å². The summed E-state index contributed by atoms with van der Waals surface area (Å²) in [5, 5.41) is 9.19. The minimum atomic E-state index is -0.166. The first-order valence-electron chi connectivity index (χ1n) is 5.93. The topological polar surface area (TPSA) is 66.9 Å². The third-order valence-electron chi connectivity index (χ3n) is 2.65. The van der Waals surface area contributed by atoms with Crippen LogP contribution in [0.1, 0.15) is 41.5 Å². The van der Waals surface area contributed by atoms with Crippen LogP contribution in [0.5, 0.6) is 0 Å². The fraction of sp³-hybridized carbons (Fsp3) is 0.417. The van der Waals surface area contributed by atoms with E-state index >= 15 is 0 Å². The molecular weight excluding hydrogens is 280 g/mol. The Hall–Kier alpha value is -1.47. The summed E-state index contributed by atoms with van der Waals surface area (Å²) in [6.45, 7) is 5.98. The molecule has 7 heteroatoms. The Morgan fingerprint density at radius 2 is 2.16 bits per heavy atom. The van der Waals surface area contributed by atoms with E-state index in [2.05, 4.69) is 33.8 Å². The maximum absolute atomic E-state index is 12.2. The zero-order chi connectivity index (χ0) is 14.0. The summed E-state index contributed by atoms with van der Waals surface area (Å²) >= 11 is 2.73. The highest BCUT2D eigenvalue weighted by atomic mass is 32.1. The van der Waals surface area contributed by atoms with Crippen LogP contribution in [0.3, 0.4) is 0 Å². The maximum atomic E-state index is 12.2. The summed E-state index contributed by atoms with van der Waals surface area (Å²) in [6, 6.07) is 0. The quantitative estimate of drug-likeness (QED) is 0.908. The van der Waals surface area contributed by atoms with E-state index in [1.807, 2.05) is 12.3 Å². The number of nitrogens with one attached hydrogen (secondary N) is 2. The van der Waals surface area contributed by atoms with Crippen LogP contribution in [0, 0.1) is 6.92 Å². The number of amides is 1. The van der Waals surface area contributed by atoms with Gasteiger partial charge in [-0.05, 0) is 24.4 Å². The first-order valence-corrected chi connectivity index (χ1v) is 7.59. The standard InChI is InChI=1S/C12H16N4OS2/c1-6(2)8-5-18-12(14-8)15-10(17)9-7(3)16-19-11(9)13-4/h5-6,13H,1-4H3,(H,14,15,17). The summed E-state index contributed by atoms with van der Waals surface area (Å²) in [5.74, 6) is 0.194. The van der Waals surface area contributed by atoms with Crippen molar-refractivity contribution >= 4 is 38.9 Å². The molecule has 0 fully saturated rings. The summed E-state index contributed by atoms with van der Waals surface area (Å²) in [5.41, 5.74) is 2.32. The van der Waals surface area contributed by atoms with Gasteiger partial charge in [0.1, 0.15) is 5.00 Å². The zero-order valence-electron chi connectivity index (χ0n) is 11.3. The molecule has 0 aliphatic heterocycles. The van der Waals surface area contributed by atoms with Crippen LogP contribution in [-0.4, -0.2) is 22.3 Å². The van der Waals surface area contributed by atoms with Crippen LogP contribution in [0.25, 0.3) is 0 Å². The molecule has 19 heavy (non-hydrogen) atoms. The van der Waals surface area contributed by atoms with Crippen molar-refractivity contribution < 1.29 is 4.79 Å². The fourth-order valence-electron chi connectivity index (χ4n) is 1.58. The van der Waals surface area contributed by atoms with Crippen molar-refractivity contribution in [1.82, 2.24) is 9.36 Å². The molecule has 2 N–H and O–H groups in total. The van der Waals surface area contributed by atoms with Crippen molar-refractivity contribution in [2.75, 3.05) is 17.7 Å². The normalized spacial score (nSPS) is 10.8. The third kappa shape index (κ3) is 2.93. The van der Waals surface area contributed by atoms with E-state index < -0.39 is 0 Å². The molecule has 5 nitrogen and oxygen atoms in total. The molecule has 0 saturated heterocycles. The van der Waals surface area contributed by atoms with Gasteiger partial charge in [-0.25, -0.2) is 4.98 Å². The van der Waals surface area contributed by atoms with Gasteiger partial charge in [0, 0.05) is 12.4 Å². The first kappa shape index (κ1) is 14.0. The van der Waals surface area contributed by atoms with E-state index in [9.17, 15) is 4.79 Å². The maximum Gasteiger partial charge on any atom is 0.262 e. The van der Waals surface area contributed by atoms with Crippen LogP contribution >= 0.6 is 22.9 Å². The highest BCUT2D eigenvalue weighted by Crippen LogP contribution is 2.26. The molecule has 0 aromatic carbocycles. The molecule has 1 amide bonds. The number of hydrogen-bond acceptors (Lipinski definition) is 6. The lowest BCUT2D eigenvalue weighted by atomic mass is 10.2. The summed E-state index contributed by atoms with van der Waals surface area (Å²) in [7, 11) is 1.78. The Kier molecular flexibility index (Phi) is 4.16. The molecule has 0 saturated carbocycles. The second kappa shape index (κ2) is 5.66. The fourth-order valence-corrected chi connectivity index (χ4v) is 3.19. The average molecular weight is 296 g/mol. The van der Waals surface area contributed by atoms with Gasteiger partial charge in [-0.3, -0.25) is 10.1 Å². The number of anilines is 2. The van der Waals surface area contributed by atoms with Gasteiger partial charge in [-0.15, -0.1) is 11.3 Å². The van der Waals surface area contributed by atoms with E-state index in [0.29, 0.717) is 16.6 Å². The Labute approximate surface area is 120 Å². The number of rotatable bonds is 4. The van der Waals surface area contributed by atoms with Gasteiger partial charge in [0.15, 0.2) is 5.13 Å². The number of hydrogen-bond donors (Lipinski definition) is 2. The van der Waals surface area contributed by atoms with Crippen molar-refractivity contribution in [2.24, 2.45) is 0 Å². The highest BCUT2D eigenvalue weighted by Gasteiger charge is 2.19. The lowest BCUT2D eigenvalue weighted by Gasteiger charge is -2.03. The van der Waals surface area contributed by atoms with Crippen molar-refractivity contribution in [2.45, 2.75) is 26.7 Å². The third-order valence-corrected chi connectivity index (χ3v) is 4.38. The molecule has 2 rings (SSSR count). The second-order valence-corrected chi connectivity index (χ2v) is 6.04. The van der Waals surface area contributed by atoms with Gasteiger partial charge < -0.3 is 5.32 Å². The predicted molar refractivity (Wildman–Crippen MR) is 80.6 cm³/mol. The van der Waals surface area contributed by atoms with E-state index in [-0.39, 0.29) is 5.91 Å². The van der Waals surface area contributed by atoms with E-state index in [4.69, 9.17) is 0 Å². The van der Waals surface area contributed by atoms with Gasteiger partial charge in [-0.1, -0.05) is 13.8 Å². The molecule has 102 valence electrons. The number of aromatic nitrogens is 2. The van der Waals surface area contributed by atoms with Crippen molar-refractivity contribution in [1.29, 1.82) is 0 Å². The molecule has 0 aliphatic carbocycles. The molecule has 2 aromatic heterocycles. The zero-order valence-corrected chi connectivity index (χ0v) is 12.9. The van der Waals surface area contributed by atoms with Crippen molar-refractivity contribution in [3.8, 4) is 0 Å². The predicted octanol–water partition coefficient (Wildman–Crippen LogP) is 3.33. The molecule has 2 heterocycles. The Morgan fingerprint density at radius 1 is 1.42 bits per heavy atom. The monoisotopic (exact) mass is 296 g/mol. The largest absolute Gasteiger partial charge is 0.378 e. The van der Waals surface area contributed by atoms with Gasteiger partial charge in [0.25, 0.3) is 5.91 Å². The number of carbonyl (C=O) groups excluding carboxylic acids is 1.